The van der Waals surface area contributed by atoms with Crippen LogP contribution in [0.1, 0.15) is 20.8 Å². The molecule has 0 saturated carbocycles. The quantitative estimate of drug-likeness (QED) is 0.435. The summed E-state index contributed by atoms with van der Waals surface area (Å²) in [6.07, 6.45) is -0.896. The molecule has 0 radical (unpaired) electrons. The summed E-state index contributed by atoms with van der Waals surface area (Å²) >= 11 is 0.780. The molecule has 4 nitrogen and oxygen atoms in total. The normalized spacial score (nSPS) is 14.3. The molecule has 0 heterocycles. The van der Waals surface area contributed by atoms with Crippen molar-refractivity contribution in [2.45, 2.75) is 32.3 Å². The molecular weight excluding hydrogens is 204 g/mol. The maximum Gasteiger partial charge on any atom is 0.334 e. The Kier molecular flexibility index (Phi) is 5.49. The van der Waals surface area contributed by atoms with Crippen molar-refractivity contribution in [2.24, 2.45) is 0 Å². The van der Waals surface area contributed by atoms with E-state index in [9.17, 15) is 14.7 Å². The van der Waals surface area contributed by atoms with Crippen LogP contribution in [-0.2, 0) is 14.3 Å². The molecule has 0 aliphatic heterocycles. The lowest BCUT2D eigenvalue weighted by molar-refractivity contribution is -0.143. The Labute approximate surface area is 87.3 Å². The van der Waals surface area contributed by atoms with E-state index in [1.54, 1.807) is 0 Å². The van der Waals surface area contributed by atoms with Crippen molar-refractivity contribution >= 4 is 22.8 Å². The first-order valence-electron chi connectivity index (χ1n) is 4.06. The monoisotopic (exact) mass is 218 g/mol. The lowest BCUT2D eigenvalue weighted by Crippen LogP contribution is -2.27. The highest BCUT2D eigenvalue weighted by Crippen LogP contribution is 2.18. The minimum absolute atomic E-state index is 0.217. The fourth-order valence-corrected chi connectivity index (χ4v) is 1.25. The van der Waals surface area contributed by atoms with Gasteiger partial charge in [-0.15, -0.1) is 0 Å². The van der Waals surface area contributed by atoms with Gasteiger partial charge in [-0.3, -0.25) is 4.79 Å². The van der Waals surface area contributed by atoms with E-state index in [-0.39, 0.29) is 10.7 Å². The summed E-state index contributed by atoms with van der Waals surface area (Å²) in [4.78, 5) is 21.8. The Bertz CT molecular complexity index is 247. The zero-order valence-corrected chi connectivity index (χ0v) is 9.26. The summed E-state index contributed by atoms with van der Waals surface area (Å²) in [5.74, 6) is -0.607. The Morgan fingerprint density at radius 2 is 1.93 bits per heavy atom. The van der Waals surface area contributed by atoms with E-state index in [0.29, 0.717) is 0 Å². The van der Waals surface area contributed by atoms with E-state index in [1.165, 1.54) is 20.8 Å². The van der Waals surface area contributed by atoms with Crippen LogP contribution < -0.4 is 0 Å². The van der Waals surface area contributed by atoms with Crippen LogP contribution in [-0.4, -0.2) is 27.7 Å². The number of hydrogen-bond donors (Lipinski definition) is 1. The van der Waals surface area contributed by atoms with Gasteiger partial charge in [-0.25, -0.2) is 4.79 Å². The molecule has 0 saturated heterocycles. The number of aliphatic hydroxyl groups excluding tert-OH is 1. The summed E-state index contributed by atoms with van der Waals surface area (Å²) in [5.41, 5.74) is -0.628. The van der Waals surface area contributed by atoms with Crippen LogP contribution in [0.4, 0.5) is 0 Å². The van der Waals surface area contributed by atoms with Crippen LogP contribution in [0, 0.1) is 0 Å². The average Bonchev–Trinajstić information content (AvgIpc) is 2.01. The van der Waals surface area contributed by atoms with Gasteiger partial charge in [0.1, 0.15) is 0 Å². The van der Waals surface area contributed by atoms with Crippen LogP contribution in [0.5, 0.6) is 0 Å². The Morgan fingerprint density at radius 3 is 2.21 bits per heavy atom. The lowest BCUT2D eigenvalue weighted by Gasteiger charge is -2.18. The number of carbonyl (C=O) groups is 2. The van der Waals surface area contributed by atoms with Gasteiger partial charge >= 0.3 is 5.97 Å². The zero-order chi connectivity index (χ0) is 11.3. The SMILES string of the molecule is C=C(C)C(=O)OC(SC(C)=O)[C@H](C)O. The Morgan fingerprint density at radius 1 is 1.43 bits per heavy atom. The van der Waals surface area contributed by atoms with Gasteiger partial charge in [0.2, 0.25) is 0 Å². The second-order valence-corrected chi connectivity index (χ2v) is 4.18. The van der Waals surface area contributed by atoms with Crippen LogP contribution in [0.25, 0.3) is 0 Å². The highest BCUT2D eigenvalue weighted by molar-refractivity contribution is 8.14. The van der Waals surface area contributed by atoms with Crippen molar-refractivity contribution in [3.8, 4) is 0 Å². The molecule has 5 heteroatoms. The number of ether oxygens (including phenoxy) is 1. The van der Waals surface area contributed by atoms with Crippen molar-refractivity contribution in [3.63, 3.8) is 0 Å². The average molecular weight is 218 g/mol. The van der Waals surface area contributed by atoms with E-state index in [1.807, 2.05) is 0 Å². The van der Waals surface area contributed by atoms with E-state index in [4.69, 9.17) is 4.74 Å². The molecule has 0 fully saturated rings. The fourth-order valence-electron chi connectivity index (χ4n) is 0.591. The second-order valence-electron chi connectivity index (χ2n) is 2.90. The van der Waals surface area contributed by atoms with Gasteiger partial charge in [0.05, 0.1) is 6.10 Å². The molecule has 0 aromatic carbocycles. The summed E-state index contributed by atoms with van der Waals surface area (Å²) in [6, 6.07) is 0. The highest BCUT2D eigenvalue weighted by atomic mass is 32.2. The molecule has 0 aliphatic rings. The predicted molar refractivity (Wildman–Crippen MR) is 54.6 cm³/mol. The fraction of sp³-hybridized carbons (Fsp3) is 0.556. The summed E-state index contributed by atoms with van der Waals surface area (Å²) in [6.45, 7) is 7.69. The third kappa shape index (κ3) is 5.04. The molecule has 0 aromatic heterocycles. The summed E-state index contributed by atoms with van der Waals surface area (Å²) < 4.78 is 4.84. The first-order chi connectivity index (χ1) is 6.34. The number of aliphatic hydroxyl groups is 1. The first-order valence-corrected chi connectivity index (χ1v) is 4.94. The van der Waals surface area contributed by atoms with Crippen LogP contribution in [0.2, 0.25) is 0 Å². The molecule has 0 spiro atoms. The number of rotatable bonds is 4. The van der Waals surface area contributed by atoms with Crippen LogP contribution in [0.15, 0.2) is 12.2 Å². The number of carbonyl (C=O) groups excluding carboxylic acids is 2. The molecule has 0 aromatic rings. The number of hydrogen-bond acceptors (Lipinski definition) is 5. The Hall–Kier alpha value is -0.810. The molecular formula is C9H14O4S. The van der Waals surface area contributed by atoms with Gasteiger partial charge in [0, 0.05) is 12.5 Å². The molecule has 0 bridgehead atoms. The molecule has 1 unspecified atom stereocenters. The van der Waals surface area contributed by atoms with Gasteiger partial charge in [-0.2, -0.15) is 0 Å². The van der Waals surface area contributed by atoms with Crippen LogP contribution in [0.3, 0.4) is 0 Å². The smallest absolute Gasteiger partial charge is 0.334 e. The molecule has 80 valence electrons. The number of esters is 1. The third-order valence-corrected chi connectivity index (χ3v) is 2.30. The van der Waals surface area contributed by atoms with Gasteiger partial charge in [-0.05, 0) is 25.6 Å². The molecule has 2 atom stereocenters. The van der Waals surface area contributed by atoms with Gasteiger partial charge < -0.3 is 9.84 Å². The molecule has 14 heavy (non-hydrogen) atoms. The van der Waals surface area contributed by atoms with E-state index >= 15 is 0 Å². The molecule has 0 aliphatic carbocycles. The zero-order valence-electron chi connectivity index (χ0n) is 8.44. The van der Waals surface area contributed by atoms with E-state index in [0.717, 1.165) is 11.8 Å². The standard InChI is InChI=1S/C9H14O4S/c1-5(2)8(12)13-9(6(3)10)14-7(4)11/h6,9-10H,1H2,2-4H3/t6-,9?/m0/s1. The highest BCUT2D eigenvalue weighted by Gasteiger charge is 2.22. The van der Waals surface area contributed by atoms with Gasteiger partial charge in [-0.1, -0.05) is 6.58 Å². The number of thioether (sulfide) groups is 1. The lowest BCUT2D eigenvalue weighted by atomic mass is 10.3. The maximum atomic E-state index is 11.1. The van der Waals surface area contributed by atoms with Gasteiger partial charge in [0.15, 0.2) is 10.6 Å². The van der Waals surface area contributed by atoms with Crippen molar-refractivity contribution in [2.75, 3.05) is 0 Å². The predicted octanol–water partition coefficient (Wildman–Crippen LogP) is 1.09. The third-order valence-electron chi connectivity index (χ3n) is 1.25. The first kappa shape index (κ1) is 13.2. The van der Waals surface area contributed by atoms with Crippen molar-refractivity contribution in [1.29, 1.82) is 0 Å². The molecule has 1 N–H and O–H groups in total. The largest absolute Gasteiger partial charge is 0.445 e. The Balaban J connectivity index is 4.30. The van der Waals surface area contributed by atoms with Crippen LogP contribution >= 0.6 is 11.8 Å². The summed E-state index contributed by atoms with van der Waals surface area (Å²) in [7, 11) is 0. The maximum absolute atomic E-state index is 11.1. The van der Waals surface area contributed by atoms with E-state index in [2.05, 4.69) is 6.58 Å². The minimum Gasteiger partial charge on any atom is -0.445 e. The van der Waals surface area contributed by atoms with Crippen molar-refractivity contribution in [3.05, 3.63) is 12.2 Å². The van der Waals surface area contributed by atoms with Crippen molar-refractivity contribution in [1.82, 2.24) is 0 Å². The van der Waals surface area contributed by atoms with E-state index < -0.39 is 17.5 Å². The molecule has 0 rings (SSSR count). The second kappa shape index (κ2) is 5.82. The van der Waals surface area contributed by atoms with Gasteiger partial charge in [0.25, 0.3) is 0 Å². The minimum atomic E-state index is -0.896. The summed E-state index contributed by atoms with van der Waals surface area (Å²) in [5, 5.41) is 8.99. The molecule has 0 amide bonds. The van der Waals surface area contributed by atoms with Crippen molar-refractivity contribution < 1.29 is 19.4 Å². The topological polar surface area (TPSA) is 63.6 Å².